The number of rotatable bonds is 6. The highest BCUT2D eigenvalue weighted by atomic mass is 35.5. The SMILES string of the molecule is C=C(C)C(=O)OCC(Cl)C(=O)OC(=O)Cc1ccccc1. The van der Waals surface area contributed by atoms with Crippen molar-refractivity contribution >= 4 is 29.5 Å². The molecule has 0 aliphatic heterocycles. The fourth-order valence-corrected chi connectivity index (χ4v) is 1.42. The van der Waals surface area contributed by atoms with Crippen molar-refractivity contribution in [3.8, 4) is 0 Å². The van der Waals surface area contributed by atoms with Gasteiger partial charge in [0.05, 0.1) is 6.42 Å². The smallest absolute Gasteiger partial charge is 0.335 e. The molecule has 0 radical (unpaired) electrons. The van der Waals surface area contributed by atoms with Crippen LogP contribution in [0.1, 0.15) is 12.5 Å². The molecule has 0 fully saturated rings. The summed E-state index contributed by atoms with van der Waals surface area (Å²) in [5.41, 5.74) is 0.905. The highest BCUT2D eigenvalue weighted by Crippen LogP contribution is 2.05. The molecule has 1 aromatic rings. The van der Waals surface area contributed by atoms with Crippen molar-refractivity contribution in [2.45, 2.75) is 18.7 Å². The van der Waals surface area contributed by atoms with E-state index in [0.717, 1.165) is 5.56 Å². The topological polar surface area (TPSA) is 69.7 Å². The molecule has 0 aliphatic carbocycles. The Morgan fingerprint density at radius 2 is 1.86 bits per heavy atom. The highest BCUT2D eigenvalue weighted by Gasteiger charge is 2.22. The predicted molar refractivity (Wildman–Crippen MR) is 76.7 cm³/mol. The Bertz CT molecular complexity index is 538. The number of hydrogen-bond acceptors (Lipinski definition) is 5. The zero-order valence-electron chi connectivity index (χ0n) is 11.5. The van der Waals surface area contributed by atoms with E-state index in [1.165, 1.54) is 6.92 Å². The summed E-state index contributed by atoms with van der Waals surface area (Å²) < 4.78 is 9.29. The molecule has 1 aromatic carbocycles. The van der Waals surface area contributed by atoms with Gasteiger partial charge in [0.1, 0.15) is 6.61 Å². The average molecular weight is 311 g/mol. The molecule has 0 saturated heterocycles. The minimum atomic E-state index is -1.24. The molecule has 1 unspecified atom stereocenters. The van der Waals surface area contributed by atoms with E-state index in [0.29, 0.717) is 0 Å². The fraction of sp³-hybridized carbons (Fsp3) is 0.267. The van der Waals surface area contributed by atoms with Crippen molar-refractivity contribution in [1.82, 2.24) is 0 Å². The minimum Gasteiger partial charge on any atom is -0.460 e. The molecule has 112 valence electrons. The van der Waals surface area contributed by atoms with E-state index in [2.05, 4.69) is 11.3 Å². The summed E-state index contributed by atoms with van der Waals surface area (Å²) in [6, 6.07) is 8.82. The molecular formula is C15H15ClO5. The van der Waals surface area contributed by atoms with Crippen LogP contribution in [-0.2, 0) is 30.3 Å². The van der Waals surface area contributed by atoms with Crippen LogP contribution in [0.5, 0.6) is 0 Å². The van der Waals surface area contributed by atoms with E-state index in [1.807, 2.05) is 6.07 Å². The average Bonchev–Trinajstić information content (AvgIpc) is 2.44. The number of ether oxygens (including phenoxy) is 2. The number of alkyl halides is 1. The number of halogens is 1. The summed E-state index contributed by atoms with van der Waals surface area (Å²) in [5, 5.41) is -1.24. The van der Waals surface area contributed by atoms with Crippen molar-refractivity contribution < 1.29 is 23.9 Å². The first-order valence-corrected chi connectivity index (χ1v) is 6.59. The third-order valence-electron chi connectivity index (χ3n) is 2.37. The van der Waals surface area contributed by atoms with Crippen molar-refractivity contribution in [2.75, 3.05) is 6.61 Å². The van der Waals surface area contributed by atoms with Gasteiger partial charge < -0.3 is 9.47 Å². The van der Waals surface area contributed by atoms with E-state index in [9.17, 15) is 14.4 Å². The lowest BCUT2D eigenvalue weighted by atomic mass is 10.2. The minimum absolute atomic E-state index is 0.0399. The molecule has 0 spiro atoms. The molecule has 0 aliphatic rings. The van der Waals surface area contributed by atoms with Crippen LogP contribution in [0.25, 0.3) is 0 Å². The Morgan fingerprint density at radius 1 is 1.24 bits per heavy atom. The van der Waals surface area contributed by atoms with Crippen LogP contribution in [0.3, 0.4) is 0 Å². The summed E-state index contributed by atoms with van der Waals surface area (Å²) in [6.45, 7) is 4.47. The van der Waals surface area contributed by atoms with Crippen molar-refractivity contribution in [1.29, 1.82) is 0 Å². The van der Waals surface area contributed by atoms with Crippen LogP contribution in [-0.4, -0.2) is 29.9 Å². The molecule has 0 amide bonds. The summed E-state index contributed by atoms with van der Waals surface area (Å²) in [4.78, 5) is 34.2. The number of esters is 3. The Morgan fingerprint density at radius 3 is 2.43 bits per heavy atom. The maximum atomic E-state index is 11.6. The second-order valence-corrected chi connectivity index (χ2v) is 4.83. The van der Waals surface area contributed by atoms with E-state index in [4.69, 9.17) is 16.3 Å². The highest BCUT2D eigenvalue weighted by molar-refractivity contribution is 6.30. The summed E-state index contributed by atoms with van der Waals surface area (Å²) in [7, 11) is 0. The zero-order chi connectivity index (χ0) is 15.8. The molecule has 0 saturated carbocycles. The Hall–Kier alpha value is -2.14. The molecule has 1 rings (SSSR count). The van der Waals surface area contributed by atoms with Gasteiger partial charge in [0.2, 0.25) is 0 Å². The molecule has 1 atom stereocenters. The zero-order valence-corrected chi connectivity index (χ0v) is 12.3. The van der Waals surface area contributed by atoms with Crippen LogP contribution in [0, 0.1) is 0 Å². The molecule has 0 heterocycles. The van der Waals surface area contributed by atoms with Crippen molar-refractivity contribution in [3.05, 3.63) is 48.0 Å². The van der Waals surface area contributed by atoms with E-state index < -0.39 is 23.3 Å². The predicted octanol–water partition coefficient (Wildman–Crippen LogP) is 2.03. The number of hydrogen-bond donors (Lipinski definition) is 0. The number of benzene rings is 1. The van der Waals surface area contributed by atoms with Gasteiger partial charge in [-0.2, -0.15) is 0 Å². The van der Waals surface area contributed by atoms with Gasteiger partial charge in [0, 0.05) is 5.57 Å². The lowest BCUT2D eigenvalue weighted by Crippen LogP contribution is -2.27. The van der Waals surface area contributed by atoms with E-state index in [-0.39, 0.29) is 18.6 Å². The van der Waals surface area contributed by atoms with Gasteiger partial charge in [-0.05, 0) is 12.5 Å². The Balaban J connectivity index is 2.39. The quantitative estimate of drug-likeness (QED) is 0.348. The van der Waals surface area contributed by atoms with Gasteiger partial charge in [-0.15, -0.1) is 11.6 Å². The molecule has 6 heteroatoms. The number of carbonyl (C=O) groups is 3. The largest absolute Gasteiger partial charge is 0.460 e. The first kappa shape index (κ1) is 16.9. The monoisotopic (exact) mass is 310 g/mol. The van der Waals surface area contributed by atoms with Crippen LogP contribution in [0.4, 0.5) is 0 Å². The second kappa shape index (κ2) is 8.21. The summed E-state index contributed by atoms with van der Waals surface area (Å²) in [6.07, 6.45) is -0.0399. The standard InChI is InChI=1S/C15H15ClO5/c1-10(2)14(18)20-9-12(16)15(19)21-13(17)8-11-6-4-3-5-7-11/h3-7,12H,1,8-9H2,2H3. The molecule has 0 bridgehead atoms. The van der Waals surface area contributed by atoms with Gasteiger partial charge >= 0.3 is 17.9 Å². The molecular weight excluding hydrogens is 296 g/mol. The third-order valence-corrected chi connectivity index (χ3v) is 2.67. The van der Waals surface area contributed by atoms with E-state index in [1.54, 1.807) is 24.3 Å². The first-order valence-electron chi connectivity index (χ1n) is 6.15. The van der Waals surface area contributed by atoms with Gasteiger partial charge in [0.15, 0.2) is 5.38 Å². The lowest BCUT2D eigenvalue weighted by Gasteiger charge is -2.09. The van der Waals surface area contributed by atoms with Gasteiger partial charge in [-0.25, -0.2) is 9.59 Å². The number of carbonyl (C=O) groups excluding carboxylic acids is 3. The molecule has 0 aromatic heterocycles. The van der Waals surface area contributed by atoms with E-state index >= 15 is 0 Å². The lowest BCUT2D eigenvalue weighted by molar-refractivity contribution is -0.159. The van der Waals surface area contributed by atoms with Crippen LogP contribution >= 0.6 is 11.6 Å². The summed E-state index contributed by atoms with van der Waals surface area (Å²) in [5.74, 6) is -2.33. The summed E-state index contributed by atoms with van der Waals surface area (Å²) >= 11 is 5.69. The normalized spacial score (nSPS) is 11.3. The van der Waals surface area contributed by atoms with Crippen LogP contribution < -0.4 is 0 Å². The molecule has 5 nitrogen and oxygen atoms in total. The van der Waals surface area contributed by atoms with Gasteiger partial charge in [0.25, 0.3) is 0 Å². The van der Waals surface area contributed by atoms with Crippen LogP contribution in [0.15, 0.2) is 42.5 Å². The van der Waals surface area contributed by atoms with Crippen LogP contribution in [0.2, 0.25) is 0 Å². The van der Waals surface area contributed by atoms with Crippen molar-refractivity contribution in [3.63, 3.8) is 0 Å². The maximum absolute atomic E-state index is 11.6. The third kappa shape index (κ3) is 6.23. The molecule has 21 heavy (non-hydrogen) atoms. The fourth-order valence-electron chi connectivity index (χ4n) is 1.31. The van der Waals surface area contributed by atoms with Gasteiger partial charge in [-0.1, -0.05) is 36.9 Å². The second-order valence-electron chi connectivity index (χ2n) is 4.30. The van der Waals surface area contributed by atoms with Gasteiger partial charge in [-0.3, -0.25) is 4.79 Å². The maximum Gasteiger partial charge on any atom is 0.335 e. The molecule has 0 N–H and O–H groups in total. The van der Waals surface area contributed by atoms with Crippen molar-refractivity contribution in [2.24, 2.45) is 0 Å². The first-order chi connectivity index (χ1) is 9.90. The Labute approximate surface area is 127 Å². The Kier molecular flexibility index (Phi) is 6.62.